The van der Waals surface area contributed by atoms with Gasteiger partial charge in [0.15, 0.2) is 0 Å². The molecule has 0 aromatic carbocycles. The first-order valence-corrected chi connectivity index (χ1v) is 3.53. The normalized spacial score (nSPS) is 35.3. The van der Waals surface area contributed by atoms with Crippen LogP contribution in [-0.2, 0) is 4.74 Å². The van der Waals surface area contributed by atoms with Crippen LogP contribution in [0.5, 0.6) is 0 Å². The van der Waals surface area contributed by atoms with Gasteiger partial charge in [0.05, 0.1) is 5.60 Å². The van der Waals surface area contributed by atoms with Crippen LogP contribution in [0.25, 0.3) is 0 Å². The van der Waals surface area contributed by atoms with Crippen LogP contribution < -0.4 is 0 Å². The summed E-state index contributed by atoms with van der Waals surface area (Å²) in [4.78, 5) is 0. The molecule has 1 heterocycles. The van der Waals surface area contributed by atoms with Crippen molar-refractivity contribution in [2.24, 2.45) is 0 Å². The standard InChI is InChI=1S/C7H13FO/c1-2-7(6-8)4-3-5-9-7/h2-6H2,1H3. The molecule has 9 heavy (non-hydrogen) atoms. The molecule has 0 aromatic heterocycles. The van der Waals surface area contributed by atoms with Gasteiger partial charge >= 0.3 is 0 Å². The van der Waals surface area contributed by atoms with E-state index in [1.165, 1.54) is 0 Å². The summed E-state index contributed by atoms with van der Waals surface area (Å²) in [7, 11) is 0. The van der Waals surface area contributed by atoms with Crippen molar-refractivity contribution < 1.29 is 9.13 Å². The highest BCUT2D eigenvalue weighted by Crippen LogP contribution is 2.28. The fourth-order valence-corrected chi connectivity index (χ4v) is 1.23. The maximum absolute atomic E-state index is 12.2. The van der Waals surface area contributed by atoms with E-state index in [9.17, 15) is 4.39 Å². The lowest BCUT2D eigenvalue weighted by molar-refractivity contribution is -0.0175. The van der Waals surface area contributed by atoms with Crippen LogP contribution in [0.4, 0.5) is 4.39 Å². The van der Waals surface area contributed by atoms with Crippen LogP contribution >= 0.6 is 0 Å². The van der Waals surface area contributed by atoms with Crippen molar-refractivity contribution in [3.63, 3.8) is 0 Å². The SMILES string of the molecule is CCC1(CF)CCCO1. The van der Waals surface area contributed by atoms with Gasteiger partial charge in [-0.2, -0.15) is 0 Å². The van der Waals surface area contributed by atoms with Crippen LogP contribution in [0.1, 0.15) is 26.2 Å². The Morgan fingerprint density at radius 3 is 2.67 bits per heavy atom. The van der Waals surface area contributed by atoms with E-state index < -0.39 is 0 Å². The Hall–Kier alpha value is -0.110. The van der Waals surface area contributed by atoms with Gasteiger partial charge in [-0.25, -0.2) is 4.39 Å². The average molecular weight is 132 g/mol. The van der Waals surface area contributed by atoms with Crippen molar-refractivity contribution in [2.75, 3.05) is 13.3 Å². The summed E-state index contributed by atoms with van der Waals surface area (Å²) < 4.78 is 17.5. The Labute approximate surface area is 55.2 Å². The molecule has 1 saturated heterocycles. The second-order valence-corrected chi connectivity index (χ2v) is 2.62. The summed E-state index contributed by atoms with van der Waals surface area (Å²) in [5.74, 6) is 0. The Morgan fingerprint density at radius 2 is 2.44 bits per heavy atom. The molecule has 0 aromatic rings. The van der Waals surface area contributed by atoms with E-state index in [-0.39, 0.29) is 12.3 Å². The second kappa shape index (κ2) is 2.65. The minimum absolute atomic E-state index is 0.316. The molecule has 0 N–H and O–H groups in total. The molecule has 1 aliphatic rings. The monoisotopic (exact) mass is 132 g/mol. The van der Waals surface area contributed by atoms with Gasteiger partial charge in [0.1, 0.15) is 6.67 Å². The molecule has 1 nitrogen and oxygen atoms in total. The Morgan fingerprint density at radius 1 is 1.67 bits per heavy atom. The number of hydrogen-bond donors (Lipinski definition) is 0. The van der Waals surface area contributed by atoms with E-state index in [4.69, 9.17) is 4.74 Å². The van der Waals surface area contributed by atoms with Crippen molar-refractivity contribution in [2.45, 2.75) is 31.8 Å². The third-order valence-electron chi connectivity index (χ3n) is 2.07. The Balaban J connectivity index is 2.45. The molecule has 0 saturated carbocycles. The van der Waals surface area contributed by atoms with E-state index in [1.54, 1.807) is 0 Å². The van der Waals surface area contributed by atoms with Gasteiger partial charge < -0.3 is 4.74 Å². The molecule has 1 rings (SSSR count). The van der Waals surface area contributed by atoms with Crippen molar-refractivity contribution in [3.8, 4) is 0 Å². The van der Waals surface area contributed by atoms with Gasteiger partial charge in [-0.05, 0) is 19.3 Å². The molecule has 1 atom stereocenters. The largest absolute Gasteiger partial charge is 0.372 e. The van der Waals surface area contributed by atoms with Gasteiger partial charge in [0, 0.05) is 6.61 Å². The zero-order valence-corrected chi connectivity index (χ0v) is 5.82. The molecule has 0 aliphatic carbocycles. The predicted octanol–water partition coefficient (Wildman–Crippen LogP) is 1.92. The van der Waals surface area contributed by atoms with Crippen molar-refractivity contribution in [1.29, 1.82) is 0 Å². The maximum Gasteiger partial charge on any atom is 0.118 e. The summed E-state index contributed by atoms with van der Waals surface area (Å²) in [6.07, 6.45) is 2.74. The first-order valence-electron chi connectivity index (χ1n) is 3.53. The highest BCUT2D eigenvalue weighted by molar-refractivity contribution is 4.82. The molecule has 0 bridgehead atoms. The number of ether oxygens (including phenoxy) is 1. The van der Waals surface area contributed by atoms with Crippen LogP contribution in [-0.4, -0.2) is 18.9 Å². The summed E-state index contributed by atoms with van der Waals surface area (Å²) in [5, 5.41) is 0. The van der Waals surface area contributed by atoms with Crippen molar-refractivity contribution >= 4 is 0 Å². The lowest BCUT2D eigenvalue weighted by Crippen LogP contribution is -2.28. The zero-order valence-electron chi connectivity index (χ0n) is 5.82. The predicted molar refractivity (Wildman–Crippen MR) is 34.2 cm³/mol. The quantitative estimate of drug-likeness (QED) is 0.557. The van der Waals surface area contributed by atoms with Crippen LogP contribution in [0, 0.1) is 0 Å². The third kappa shape index (κ3) is 1.23. The number of hydrogen-bond acceptors (Lipinski definition) is 1. The molecule has 0 spiro atoms. The van der Waals surface area contributed by atoms with E-state index in [1.807, 2.05) is 6.92 Å². The molecular formula is C7H13FO. The summed E-state index contributed by atoms with van der Waals surface area (Å²) in [5.41, 5.74) is -0.389. The molecule has 0 radical (unpaired) electrons. The molecule has 1 aliphatic heterocycles. The van der Waals surface area contributed by atoms with Gasteiger partial charge in [-0.1, -0.05) is 6.92 Å². The molecule has 0 amide bonds. The lowest BCUT2D eigenvalue weighted by Gasteiger charge is -2.21. The molecular weight excluding hydrogens is 119 g/mol. The van der Waals surface area contributed by atoms with Crippen LogP contribution in [0.2, 0.25) is 0 Å². The summed E-state index contributed by atoms with van der Waals surface area (Å²) in [6, 6.07) is 0. The fraction of sp³-hybridized carbons (Fsp3) is 1.00. The lowest BCUT2D eigenvalue weighted by atomic mass is 9.99. The average Bonchev–Trinajstić information content (AvgIpc) is 2.36. The molecule has 2 heteroatoms. The molecule has 1 unspecified atom stereocenters. The highest BCUT2D eigenvalue weighted by atomic mass is 19.1. The molecule has 1 fully saturated rings. The van der Waals surface area contributed by atoms with E-state index in [0.717, 1.165) is 25.9 Å². The topological polar surface area (TPSA) is 9.23 Å². The van der Waals surface area contributed by atoms with Crippen LogP contribution in [0.15, 0.2) is 0 Å². The summed E-state index contributed by atoms with van der Waals surface area (Å²) >= 11 is 0. The minimum atomic E-state index is -0.389. The molecule has 54 valence electrons. The van der Waals surface area contributed by atoms with Crippen molar-refractivity contribution in [3.05, 3.63) is 0 Å². The van der Waals surface area contributed by atoms with Gasteiger partial charge in [-0.3, -0.25) is 0 Å². The fourth-order valence-electron chi connectivity index (χ4n) is 1.23. The Bertz CT molecular complexity index is 80.9. The first kappa shape index (κ1) is 7.00. The first-order chi connectivity index (χ1) is 4.33. The van der Waals surface area contributed by atoms with Gasteiger partial charge in [0.2, 0.25) is 0 Å². The number of halogens is 1. The third-order valence-corrected chi connectivity index (χ3v) is 2.07. The van der Waals surface area contributed by atoms with E-state index in [0.29, 0.717) is 0 Å². The smallest absolute Gasteiger partial charge is 0.118 e. The van der Waals surface area contributed by atoms with Crippen molar-refractivity contribution in [1.82, 2.24) is 0 Å². The maximum atomic E-state index is 12.2. The second-order valence-electron chi connectivity index (χ2n) is 2.62. The van der Waals surface area contributed by atoms with Gasteiger partial charge in [-0.15, -0.1) is 0 Å². The number of alkyl halides is 1. The summed E-state index contributed by atoms with van der Waals surface area (Å²) in [6.45, 7) is 2.41. The minimum Gasteiger partial charge on any atom is -0.372 e. The zero-order chi connectivity index (χ0) is 6.74. The van der Waals surface area contributed by atoms with Crippen LogP contribution in [0.3, 0.4) is 0 Å². The van der Waals surface area contributed by atoms with E-state index >= 15 is 0 Å². The number of rotatable bonds is 2. The van der Waals surface area contributed by atoms with E-state index in [2.05, 4.69) is 0 Å². The van der Waals surface area contributed by atoms with Gasteiger partial charge in [0.25, 0.3) is 0 Å². The Kier molecular flexibility index (Phi) is 2.06. The highest BCUT2D eigenvalue weighted by Gasteiger charge is 2.32.